The highest BCUT2D eigenvalue weighted by atomic mass is 16.5. The average Bonchev–Trinajstić information content (AvgIpc) is 1.81. The third kappa shape index (κ3) is 3.42. The first kappa shape index (κ1) is 9.39. The van der Waals surface area contributed by atoms with Gasteiger partial charge in [0.1, 0.15) is 0 Å². The second kappa shape index (κ2) is 4.24. The molecular formula is C6H13NO3. The van der Waals surface area contributed by atoms with Crippen molar-refractivity contribution in [3.8, 4) is 0 Å². The molecule has 0 radical (unpaired) electrons. The normalized spacial score (nSPS) is 13.6. The Balaban J connectivity index is 3.72. The molecule has 0 bridgehead atoms. The molecule has 0 fully saturated rings. The van der Waals surface area contributed by atoms with E-state index in [9.17, 15) is 10.0 Å². The number of hydroxylamine groups is 1. The van der Waals surface area contributed by atoms with E-state index in [0.717, 1.165) is 0 Å². The number of carboxylic acid groups (broad SMARTS) is 1. The van der Waals surface area contributed by atoms with E-state index >= 15 is 0 Å². The van der Waals surface area contributed by atoms with Crippen LogP contribution in [0.1, 0.15) is 20.3 Å². The van der Waals surface area contributed by atoms with Crippen molar-refractivity contribution in [1.29, 1.82) is 0 Å². The number of hydrogen-bond acceptors (Lipinski definition) is 2. The van der Waals surface area contributed by atoms with Crippen LogP contribution in [0.25, 0.3) is 0 Å². The van der Waals surface area contributed by atoms with Crippen LogP contribution in [0.3, 0.4) is 0 Å². The molecule has 3 N–H and O–H groups in total. The topological polar surface area (TPSA) is 77.0 Å². The lowest BCUT2D eigenvalue weighted by Crippen LogP contribution is -2.86. The molecule has 0 unspecified atom stereocenters. The van der Waals surface area contributed by atoms with Crippen LogP contribution in [-0.2, 0) is 4.79 Å². The maximum atomic E-state index is 10.2. The molecule has 0 saturated carbocycles. The summed E-state index contributed by atoms with van der Waals surface area (Å²) in [5, 5.41) is 18.5. The highest BCUT2D eigenvalue weighted by Crippen LogP contribution is 2.00. The summed E-state index contributed by atoms with van der Waals surface area (Å²) in [6.07, 6.45) is 0.429. The fraction of sp³-hybridized carbons (Fsp3) is 0.833. The summed E-state index contributed by atoms with van der Waals surface area (Å²) < 4.78 is 0. The van der Waals surface area contributed by atoms with Gasteiger partial charge in [0, 0.05) is 6.42 Å². The minimum atomic E-state index is -1.02. The molecular weight excluding hydrogens is 134 g/mol. The molecule has 4 heteroatoms. The van der Waals surface area contributed by atoms with Crippen molar-refractivity contribution in [2.24, 2.45) is 5.92 Å². The van der Waals surface area contributed by atoms with Crippen LogP contribution in [0.5, 0.6) is 0 Å². The Bertz CT molecular complexity index is 114. The molecule has 0 aromatic carbocycles. The van der Waals surface area contributed by atoms with E-state index < -0.39 is 12.0 Å². The fourth-order valence-corrected chi connectivity index (χ4v) is 0.722. The van der Waals surface area contributed by atoms with Crippen molar-refractivity contribution < 1.29 is 15.4 Å². The van der Waals surface area contributed by atoms with Crippen molar-refractivity contribution in [3.05, 3.63) is 5.21 Å². The Labute approximate surface area is 59.8 Å². The monoisotopic (exact) mass is 147 g/mol. The third-order valence-corrected chi connectivity index (χ3v) is 1.21. The number of quaternary nitrogens is 1. The molecule has 0 spiro atoms. The van der Waals surface area contributed by atoms with Crippen LogP contribution in [-0.4, -0.2) is 17.1 Å². The lowest BCUT2D eigenvalue weighted by Gasteiger charge is -2.13. The van der Waals surface area contributed by atoms with Gasteiger partial charge in [0.15, 0.2) is 6.04 Å². The van der Waals surface area contributed by atoms with Gasteiger partial charge < -0.3 is 15.8 Å². The van der Waals surface area contributed by atoms with Crippen molar-refractivity contribution in [2.75, 3.05) is 0 Å². The molecule has 4 nitrogen and oxygen atoms in total. The molecule has 0 aliphatic heterocycles. The van der Waals surface area contributed by atoms with Crippen LogP contribution in [0, 0.1) is 11.1 Å². The van der Waals surface area contributed by atoms with Gasteiger partial charge in [0.2, 0.25) is 0 Å². The Morgan fingerprint density at radius 2 is 2.20 bits per heavy atom. The summed E-state index contributed by atoms with van der Waals surface area (Å²) in [5.74, 6) is -0.769. The van der Waals surface area contributed by atoms with Gasteiger partial charge in [-0.1, -0.05) is 13.8 Å². The third-order valence-electron chi connectivity index (χ3n) is 1.21. The Morgan fingerprint density at radius 1 is 1.70 bits per heavy atom. The SMILES string of the molecule is CC(C)C[C@H]([NH2+][O-])C(=O)O. The van der Waals surface area contributed by atoms with E-state index in [1.165, 1.54) is 0 Å². The zero-order valence-corrected chi connectivity index (χ0v) is 6.20. The van der Waals surface area contributed by atoms with Gasteiger partial charge in [-0.25, -0.2) is 4.79 Å². The van der Waals surface area contributed by atoms with E-state index in [1.807, 2.05) is 13.8 Å². The summed E-state index contributed by atoms with van der Waals surface area (Å²) in [4.78, 5) is 10.2. The van der Waals surface area contributed by atoms with Crippen LogP contribution in [0.15, 0.2) is 0 Å². The van der Waals surface area contributed by atoms with Crippen molar-refractivity contribution >= 4 is 5.97 Å². The summed E-state index contributed by atoms with van der Waals surface area (Å²) in [7, 11) is 0. The minimum absolute atomic E-state index is 0.256. The van der Waals surface area contributed by atoms with Crippen molar-refractivity contribution in [1.82, 2.24) is 0 Å². The molecule has 0 saturated heterocycles. The quantitative estimate of drug-likeness (QED) is 0.528. The fourth-order valence-electron chi connectivity index (χ4n) is 0.722. The van der Waals surface area contributed by atoms with Gasteiger partial charge >= 0.3 is 5.97 Å². The Morgan fingerprint density at radius 3 is 2.30 bits per heavy atom. The number of aliphatic carboxylic acids is 1. The van der Waals surface area contributed by atoms with Crippen LogP contribution in [0.2, 0.25) is 0 Å². The molecule has 0 amide bonds. The minimum Gasteiger partial charge on any atom is -0.635 e. The average molecular weight is 147 g/mol. The van der Waals surface area contributed by atoms with Gasteiger partial charge in [0.25, 0.3) is 0 Å². The largest absolute Gasteiger partial charge is 0.635 e. The first-order valence-corrected chi connectivity index (χ1v) is 3.26. The predicted molar refractivity (Wildman–Crippen MR) is 36.2 cm³/mol. The number of carbonyl (C=O) groups is 1. The molecule has 0 aromatic heterocycles. The van der Waals surface area contributed by atoms with Crippen LogP contribution >= 0.6 is 0 Å². The van der Waals surface area contributed by atoms with E-state index in [1.54, 1.807) is 0 Å². The Kier molecular flexibility index (Phi) is 3.99. The highest BCUT2D eigenvalue weighted by Gasteiger charge is 2.18. The van der Waals surface area contributed by atoms with Gasteiger partial charge in [-0.2, -0.15) is 0 Å². The predicted octanol–water partition coefficient (Wildman–Crippen LogP) is -0.453. The molecule has 0 aromatic rings. The number of hydrogen-bond donors (Lipinski definition) is 2. The van der Waals surface area contributed by atoms with E-state index in [-0.39, 0.29) is 5.92 Å². The van der Waals surface area contributed by atoms with Crippen molar-refractivity contribution in [3.63, 3.8) is 0 Å². The summed E-state index contributed by atoms with van der Waals surface area (Å²) in [6, 6.07) is -0.819. The standard InChI is InChI=1S/C6H13NO3/c1-4(2)3-5(7-10)6(8)9/h4-5H,3,7H2,1-2H3,(H,8,9)/t5-/m0/s1. The van der Waals surface area contributed by atoms with Gasteiger partial charge in [0.05, 0.1) is 0 Å². The lowest BCUT2D eigenvalue weighted by molar-refractivity contribution is -0.616. The lowest BCUT2D eigenvalue weighted by atomic mass is 10.1. The zero-order valence-electron chi connectivity index (χ0n) is 6.20. The summed E-state index contributed by atoms with van der Waals surface area (Å²) >= 11 is 0. The highest BCUT2D eigenvalue weighted by molar-refractivity contribution is 5.71. The smallest absolute Gasteiger partial charge is 0.362 e. The maximum Gasteiger partial charge on any atom is 0.362 e. The van der Waals surface area contributed by atoms with Gasteiger partial charge in [-0.15, -0.1) is 0 Å². The summed E-state index contributed by atoms with van der Waals surface area (Å²) in [5.41, 5.74) is 0.488. The van der Waals surface area contributed by atoms with Gasteiger partial charge in [-0.3, -0.25) is 0 Å². The second-order valence-corrected chi connectivity index (χ2v) is 2.71. The van der Waals surface area contributed by atoms with Gasteiger partial charge in [-0.05, 0) is 5.92 Å². The first-order chi connectivity index (χ1) is 4.57. The molecule has 0 rings (SSSR count). The van der Waals surface area contributed by atoms with Crippen molar-refractivity contribution in [2.45, 2.75) is 26.3 Å². The number of rotatable bonds is 4. The first-order valence-electron chi connectivity index (χ1n) is 3.26. The molecule has 60 valence electrons. The summed E-state index contributed by atoms with van der Waals surface area (Å²) in [6.45, 7) is 3.78. The van der Waals surface area contributed by atoms with E-state index in [0.29, 0.717) is 11.9 Å². The Hall–Kier alpha value is -0.610. The molecule has 0 aliphatic carbocycles. The van der Waals surface area contributed by atoms with E-state index in [2.05, 4.69) is 0 Å². The van der Waals surface area contributed by atoms with Crippen LogP contribution < -0.4 is 5.48 Å². The molecule has 10 heavy (non-hydrogen) atoms. The second-order valence-electron chi connectivity index (χ2n) is 2.71. The zero-order chi connectivity index (χ0) is 8.15. The molecule has 1 atom stereocenters. The number of carboxylic acids is 1. The maximum absolute atomic E-state index is 10.2. The van der Waals surface area contributed by atoms with E-state index in [4.69, 9.17) is 5.11 Å². The molecule has 0 heterocycles. The van der Waals surface area contributed by atoms with Crippen LogP contribution in [0.4, 0.5) is 0 Å². The number of nitrogens with two attached hydrogens (primary N) is 1. The molecule has 0 aliphatic rings.